The van der Waals surface area contributed by atoms with E-state index in [-0.39, 0.29) is 5.56 Å². The van der Waals surface area contributed by atoms with Crippen LogP contribution >= 0.6 is 0 Å². The van der Waals surface area contributed by atoms with Gasteiger partial charge in [-0.25, -0.2) is 15.0 Å². The van der Waals surface area contributed by atoms with Crippen LogP contribution in [0.5, 0.6) is 0 Å². The molecule has 0 saturated carbocycles. The lowest BCUT2D eigenvalue weighted by molar-refractivity contribution is 0.506. The molecule has 0 spiro atoms. The predicted molar refractivity (Wildman–Crippen MR) is 129 cm³/mol. The van der Waals surface area contributed by atoms with Crippen LogP contribution in [0.25, 0.3) is 38.9 Å². The van der Waals surface area contributed by atoms with Gasteiger partial charge >= 0.3 is 0 Å². The van der Waals surface area contributed by atoms with Crippen LogP contribution in [-0.4, -0.2) is 24.1 Å². The van der Waals surface area contributed by atoms with E-state index in [0.717, 1.165) is 23.1 Å². The van der Waals surface area contributed by atoms with Crippen molar-refractivity contribution in [2.24, 2.45) is 5.92 Å². The number of fused-ring (bicyclic) bond motifs is 4. The van der Waals surface area contributed by atoms with Gasteiger partial charge in [-0.1, -0.05) is 52.0 Å². The van der Waals surface area contributed by atoms with E-state index in [1.807, 2.05) is 28.8 Å². The van der Waals surface area contributed by atoms with Gasteiger partial charge in [0.25, 0.3) is 5.56 Å². The van der Waals surface area contributed by atoms with E-state index in [2.05, 4.69) is 52.0 Å². The first-order valence-electron chi connectivity index (χ1n) is 11.2. The van der Waals surface area contributed by atoms with Crippen molar-refractivity contribution >= 4 is 33.2 Å². The molecular formula is C26H27N5O. The van der Waals surface area contributed by atoms with Gasteiger partial charge in [-0.05, 0) is 48.1 Å². The van der Waals surface area contributed by atoms with Crippen LogP contribution in [0.4, 0.5) is 0 Å². The lowest BCUT2D eigenvalue weighted by Crippen LogP contribution is -2.21. The molecule has 5 aromatic rings. The van der Waals surface area contributed by atoms with Crippen LogP contribution in [0.2, 0.25) is 0 Å². The third kappa shape index (κ3) is 3.36. The van der Waals surface area contributed by atoms with Crippen molar-refractivity contribution < 1.29 is 0 Å². The van der Waals surface area contributed by atoms with Gasteiger partial charge in [-0.3, -0.25) is 13.9 Å². The molecule has 5 rings (SSSR count). The number of hydrogen-bond donors (Lipinski definition) is 0. The number of aromatic nitrogens is 5. The Morgan fingerprint density at radius 2 is 1.56 bits per heavy atom. The summed E-state index contributed by atoms with van der Waals surface area (Å²) in [5, 5.41) is 0.525. The molecule has 6 heteroatoms. The molecule has 0 radical (unpaired) electrons. The van der Waals surface area contributed by atoms with Crippen molar-refractivity contribution in [2.75, 3.05) is 0 Å². The van der Waals surface area contributed by atoms with Crippen molar-refractivity contribution in [1.82, 2.24) is 24.1 Å². The van der Waals surface area contributed by atoms with Crippen molar-refractivity contribution in [3.8, 4) is 5.69 Å². The molecule has 0 amide bonds. The van der Waals surface area contributed by atoms with Crippen LogP contribution in [0, 0.1) is 5.92 Å². The summed E-state index contributed by atoms with van der Waals surface area (Å²) >= 11 is 0. The van der Waals surface area contributed by atoms with Gasteiger partial charge in [0, 0.05) is 12.2 Å². The normalized spacial score (nSPS) is 12.1. The van der Waals surface area contributed by atoms with Gasteiger partial charge in [0.1, 0.15) is 10.9 Å². The third-order valence-corrected chi connectivity index (χ3v) is 6.00. The summed E-state index contributed by atoms with van der Waals surface area (Å²) in [6.07, 6.45) is 2.57. The summed E-state index contributed by atoms with van der Waals surface area (Å²) in [4.78, 5) is 28.0. The summed E-state index contributed by atoms with van der Waals surface area (Å²) in [7, 11) is 0. The van der Waals surface area contributed by atoms with Gasteiger partial charge in [0.15, 0.2) is 11.3 Å². The molecule has 3 aromatic heterocycles. The quantitative estimate of drug-likeness (QED) is 0.375. The Kier molecular flexibility index (Phi) is 5.00. The zero-order valence-corrected chi connectivity index (χ0v) is 18.9. The van der Waals surface area contributed by atoms with E-state index in [1.165, 1.54) is 5.56 Å². The Morgan fingerprint density at radius 1 is 0.875 bits per heavy atom. The van der Waals surface area contributed by atoms with Crippen LogP contribution in [0.15, 0.2) is 59.7 Å². The highest BCUT2D eigenvalue weighted by molar-refractivity contribution is 6.05. The monoisotopic (exact) mass is 425 g/mol. The van der Waals surface area contributed by atoms with E-state index in [4.69, 9.17) is 15.0 Å². The van der Waals surface area contributed by atoms with Gasteiger partial charge in [0.05, 0.1) is 17.4 Å². The molecule has 0 N–H and O–H groups in total. The summed E-state index contributed by atoms with van der Waals surface area (Å²) in [6.45, 7) is 9.29. The summed E-state index contributed by atoms with van der Waals surface area (Å²) in [5.74, 6) is 0.944. The van der Waals surface area contributed by atoms with E-state index in [1.54, 1.807) is 10.9 Å². The number of rotatable bonds is 5. The summed E-state index contributed by atoms with van der Waals surface area (Å²) in [6, 6.07) is 16.1. The van der Waals surface area contributed by atoms with Crippen LogP contribution in [-0.2, 0) is 6.54 Å². The topological polar surface area (TPSA) is 65.6 Å². The maximum Gasteiger partial charge on any atom is 0.265 e. The Morgan fingerprint density at radius 3 is 2.22 bits per heavy atom. The second-order valence-corrected chi connectivity index (χ2v) is 9.09. The number of hydrogen-bond acceptors (Lipinski definition) is 4. The second-order valence-electron chi connectivity index (χ2n) is 9.09. The summed E-state index contributed by atoms with van der Waals surface area (Å²) in [5.41, 5.74) is 5.53. The maximum atomic E-state index is 13.5. The van der Waals surface area contributed by atoms with Crippen LogP contribution in [0.1, 0.15) is 45.6 Å². The molecule has 0 aliphatic heterocycles. The van der Waals surface area contributed by atoms with Gasteiger partial charge in [-0.2, -0.15) is 0 Å². The highest BCUT2D eigenvalue weighted by Crippen LogP contribution is 2.29. The first-order valence-corrected chi connectivity index (χ1v) is 11.2. The number of benzene rings is 2. The van der Waals surface area contributed by atoms with Crippen molar-refractivity contribution in [3.05, 3.63) is 70.8 Å². The largest absolute Gasteiger partial charge is 0.299 e. The van der Waals surface area contributed by atoms with Crippen molar-refractivity contribution in [3.63, 3.8) is 0 Å². The molecule has 0 aliphatic rings. The van der Waals surface area contributed by atoms with Gasteiger partial charge in [-0.15, -0.1) is 0 Å². The molecular weight excluding hydrogens is 398 g/mol. The third-order valence-electron chi connectivity index (χ3n) is 6.00. The Bertz CT molecular complexity index is 1490. The first-order chi connectivity index (χ1) is 15.4. The molecule has 0 saturated heterocycles. The fourth-order valence-electron chi connectivity index (χ4n) is 4.08. The Labute approximate surface area is 186 Å². The molecule has 2 aromatic carbocycles. The van der Waals surface area contributed by atoms with Crippen molar-refractivity contribution in [1.29, 1.82) is 0 Å². The first kappa shape index (κ1) is 20.4. The molecule has 0 fully saturated rings. The van der Waals surface area contributed by atoms with Gasteiger partial charge < -0.3 is 0 Å². The minimum atomic E-state index is -0.0669. The SMILES string of the molecule is CC(C)CCn1cnc2c(c1=O)c1nc3ccccc3nc1n2-c1ccc(C(C)C)cc1. The molecule has 3 heterocycles. The lowest BCUT2D eigenvalue weighted by atomic mass is 10.0. The highest BCUT2D eigenvalue weighted by atomic mass is 16.1. The predicted octanol–water partition coefficient (Wildman–Crippen LogP) is 5.45. The number of aryl methyl sites for hydroxylation is 1. The van der Waals surface area contributed by atoms with Gasteiger partial charge in [0.2, 0.25) is 0 Å². The van der Waals surface area contributed by atoms with E-state index >= 15 is 0 Å². The lowest BCUT2D eigenvalue weighted by Gasteiger charge is -2.10. The van der Waals surface area contributed by atoms with Crippen LogP contribution in [0.3, 0.4) is 0 Å². The second kappa shape index (κ2) is 7.86. The van der Waals surface area contributed by atoms with Crippen molar-refractivity contribution in [2.45, 2.75) is 46.6 Å². The molecule has 0 bridgehead atoms. The average molecular weight is 426 g/mol. The molecule has 32 heavy (non-hydrogen) atoms. The fraction of sp³-hybridized carbons (Fsp3) is 0.308. The molecule has 162 valence electrons. The minimum absolute atomic E-state index is 0.0669. The summed E-state index contributed by atoms with van der Waals surface area (Å²) < 4.78 is 3.66. The molecule has 0 aliphatic carbocycles. The molecule has 0 atom stereocenters. The fourth-order valence-corrected chi connectivity index (χ4v) is 4.08. The van der Waals surface area contributed by atoms with E-state index in [9.17, 15) is 4.79 Å². The van der Waals surface area contributed by atoms with Crippen LogP contribution < -0.4 is 5.56 Å². The van der Waals surface area contributed by atoms with E-state index in [0.29, 0.717) is 40.6 Å². The zero-order valence-electron chi connectivity index (χ0n) is 18.9. The number of nitrogens with zero attached hydrogens (tertiary/aromatic N) is 5. The molecule has 0 unspecified atom stereocenters. The van der Waals surface area contributed by atoms with E-state index < -0.39 is 0 Å². The average Bonchev–Trinajstić information content (AvgIpc) is 3.10. The highest BCUT2D eigenvalue weighted by Gasteiger charge is 2.21. The maximum absolute atomic E-state index is 13.5. The standard InChI is InChI=1S/C26H27N5O/c1-16(2)13-14-30-15-27-24-22(26(30)32)23-25(29-21-8-6-5-7-20(21)28-23)31(24)19-11-9-18(10-12-19)17(3)4/h5-12,15-17H,13-14H2,1-4H3. The Hall–Kier alpha value is -3.54. The minimum Gasteiger partial charge on any atom is -0.299 e. The zero-order chi connectivity index (χ0) is 22.4. The smallest absolute Gasteiger partial charge is 0.265 e. The number of para-hydroxylation sites is 2. The molecule has 6 nitrogen and oxygen atoms in total. The Balaban J connectivity index is 1.84.